The Morgan fingerprint density at radius 2 is 1.86 bits per heavy atom. The van der Waals surface area contributed by atoms with Crippen molar-refractivity contribution in [3.8, 4) is 0 Å². The average molecular weight is 577 g/mol. The van der Waals surface area contributed by atoms with Crippen LogP contribution in [0.15, 0.2) is 42.7 Å². The van der Waals surface area contributed by atoms with E-state index in [9.17, 15) is 23.2 Å². The van der Waals surface area contributed by atoms with Crippen LogP contribution in [0.25, 0.3) is 0 Å². The molecule has 0 bridgehead atoms. The molecule has 2 saturated heterocycles. The van der Waals surface area contributed by atoms with Gasteiger partial charge < -0.3 is 30.6 Å². The van der Waals surface area contributed by atoms with Crippen LogP contribution in [0.1, 0.15) is 41.1 Å². The van der Waals surface area contributed by atoms with Crippen LogP contribution in [0.3, 0.4) is 0 Å². The molecule has 2 fully saturated rings. The second kappa shape index (κ2) is 10.3. The number of carbonyl (C=O) groups excluding carboxylic acids is 3. The van der Waals surface area contributed by atoms with Gasteiger partial charge in [0.25, 0.3) is 0 Å². The van der Waals surface area contributed by atoms with E-state index in [1.807, 2.05) is 6.07 Å². The number of aromatic amines is 1. The van der Waals surface area contributed by atoms with Crippen molar-refractivity contribution < 1.29 is 27.9 Å². The number of pyridine rings is 1. The number of nitrogens with one attached hydrogen (secondary N) is 4. The van der Waals surface area contributed by atoms with Crippen LogP contribution in [0.5, 0.6) is 0 Å². The smallest absolute Gasteiger partial charge is 0.245 e. The average Bonchev–Trinajstić information content (AvgIpc) is 3.65. The highest BCUT2D eigenvalue weighted by Crippen LogP contribution is 2.47. The van der Waals surface area contributed by atoms with E-state index in [4.69, 9.17) is 4.74 Å². The molecule has 3 unspecified atom stereocenters. The number of carbonyl (C=O) groups is 3. The zero-order chi connectivity index (χ0) is 29.0. The molecule has 3 atom stereocenters. The Bertz CT molecular complexity index is 1570. The highest BCUT2D eigenvalue weighted by Gasteiger charge is 2.51. The number of H-pyrrole nitrogens is 1. The van der Waals surface area contributed by atoms with Gasteiger partial charge in [0.05, 0.1) is 17.5 Å². The van der Waals surface area contributed by atoms with Gasteiger partial charge in [-0.05, 0) is 72.6 Å². The third-order valence-corrected chi connectivity index (χ3v) is 9.05. The molecular weight excluding hydrogens is 546 g/mol. The van der Waals surface area contributed by atoms with E-state index in [1.54, 1.807) is 18.5 Å². The van der Waals surface area contributed by atoms with Gasteiger partial charge in [0.15, 0.2) is 0 Å². The number of fused-ring (bicyclic) bond motifs is 3. The summed E-state index contributed by atoms with van der Waals surface area (Å²) < 4.78 is 33.7. The third-order valence-electron chi connectivity index (χ3n) is 9.05. The predicted octanol–water partition coefficient (Wildman–Crippen LogP) is 2.58. The minimum atomic E-state index is -0.754. The maximum absolute atomic E-state index is 14.1. The summed E-state index contributed by atoms with van der Waals surface area (Å²) in [4.78, 5) is 48.9. The zero-order valence-electron chi connectivity index (χ0n) is 22.7. The predicted molar refractivity (Wildman–Crippen MR) is 148 cm³/mol. The van der Waals surface area contributed by atoms with Gasteiger partial charge in [0, 0.05) is 43.8 Å². The Morgan fingerprint density at radius 3 is 2.64 bits per heavy atom. The summed E-state index contributed by atoms with van der Waals surface area (Å²) in [6, 6.07) is 5.57. The fourth-order valence-corrected chi connectivity index (χ4v) is 6.98. The number of anilines is 2. The molecule has 1 spiro atoms. The van der Waals surface area contributed by atoms with Crippen LogP contribution in [0.4, 0.5) is 20.4 Å². The summed E-state index contributed by atoms with van der Waals surface area (Å²) >= 11 is 0. The van der Waals surface area contributed by atoms with Crippen LogP contribution in [-0.2, 0) is 37.4 Å². The molecule has 42 heavy (non-hydrogen) atoms. The lowest BCUT2D eigenvalue weighted by Crippen LogP contribution is -2.60. The fourth-order valence-electron chi connectivity index (χ4n) is 6.98. The van der Waals surface area contributed by atoms with Gasteiger partial charge in [-0.15, -0.1) is 0 Å². The second-order valence-electron chi connectivity index (χ2n) is 11.6. The number of aromatic nitrogens is 2. The molecule has 3 aliphatic heterocycles. The van der Waals surface area contributed by atoms with E-state index in [0.29, 0.717) is 50.5 Å². The van der Waals surface area contributed by atoms with Crippen LogP contribution in [0, 0.1) is 17.6 Å². The van der Waals surface area contributed by atoms with Gasteiger partial charge in [-0.2, -0.15) is 0 Å². The first-order valence-corrected chi connectivity index (χ1v) is 14.2. The van der Waals surface area contributed by atoms with E-state index in [-0.39, 0.29) is 36.4 Å². The molecule has 0 saturated carbocycles. The fraction of sp³-hybridized carbons (Fsp3) is 0.400. The van der Waals surface area contributed by atoms with Crippen LogP contribution >= 0.6 is 0 Å². The van der Waals surface area contributed by atoms with E-state index >= 15 is 0 Å². The van der Waals surface area contributed by atoms with Gasteiger partial charge >= 0.3 is 0 Å². The highest BCUT2D eigenvalue weighted by atomic mass is 19.1. The van der Waals surface area contributed by atoms with Crippen LogP contribution in [0.2, 0.25) is 0 Å². The normalized spacial score (nSPS) is 25.4. The van der Waals surface area contributed by atoms with Crippen LogP contribution in [-0.4, -0.2) is 64.9 Å². The minimum absolute atomic E-state index is 0.0287. The van der Waals surface area contributed by atoms with E-state index < -0.39 is 35.0 Å². The Kier molecular flexibility index (Phi) is 6.54. The Balaban J connectivity index is 1.11. The topological polar surface area (TPSA) is 128 Å². The van der Waals surface area contributed by atoms with Crippen LogP contribution < -0.4 is 16.0 Å². The first kappa shape index (κ1) is 26.7. The summed E-state index contributed by atoms with van der Waals surface area (Å²) in [5, 5.41) is 8.98. The van der Waals surface area contributed by atoms with Gasteiger partial charge in [-0.3, -0.25) is 14.4 Å². The molecule has 4 aliphatic rings. The number of piperazine rings is 1. The van der Waals surface area contributed by atoms with E-state index in [1.165, 1.54) is 17.0 Å². The lowest BCUT2D eigenvalue weighted by molar-refractivity contribution is -0.144. The lowest BCUT2D eigenvalue weighted by atomic mass is 9.80. The SMILES string of the molecule is O=C(CN1C(=O)C(C2CCOCC2)NCC1c1cc(F)cc(F)c1)Nc1cc2c(cn1)CC1(C2)C(=O)Nc2[nH]ccc21. The number of rotatable bonds is 5. The van der Waals surface area contributed by atoms with Gasteiger partial charge in [0.1, 0.15) is 29.8 Å². The molecule has 2 aromatic heterocycles. The maximum atomic E-state index is 14.1. The summed E-state index contributed by atoms with van der Waals surface area (Å²) in [7, 11) is 0. The van der Waals surface area contributed by atoms with E-state index in [0.717, 1.165) is 22.8 Å². The molecule has 12 heteroatoms. The van der Waals surface area contributed by atoms with Crippen molar-refractivity contribution in [2.45, 2.75) is 43.2 Å². The first-order valence-electron chi connectivity index (χ1n) is 14.2. The summed E-state index contributed by atoms with van der Waals surface area (Å²) in [6.45, 7) is 1.02. The summed E-state index contributed by atoms with van der Waals surface area (Å²) in [5.41, 5.74) is 2.33. The maximum Gasteiger partial charge on any atom is 0.245 e. The Hall–Kier alpha value is -4.16. The van der Waals surface area contributed by atoms with E-state index in [2.05, 4.69) is 25.9 Å². The molecule has 1 aromatic carbocycles. The second-order valence-corrected chi connectivity index (χ2v) is 11.6. The monoisotopic (exact) mass is 576 g/mol. The van der Waals surface area contributed by atoms with Crippen molar-refractivity contribution in [2.24, 2.45) is 5.92 Å². The molecule has 5 heterocycles. The summed E-state index contributed by atoms with van der Waals surface area (Å²) in [6.07, 6.45) is 5.86. The summed E-state index contributed by atoms with van der Waals surface area (Å²) in [5.74, 6) is -1.31. The number of amides is 3. The lowest BCUT2D eigenvalue weighted by Gasteiger charge is -2.43. The largest absolute Gasteiger partial charge is 0.381 e. The van der Waals surface area contributed by atoms with Gasteiger partial charge in [-0.1, -0.05) is 0 Å². The van der Waals surface area contributed by atoms with Gasteiger partial charge in [-0.25, -0.2) is 13.8 Å². The molecule has 0 radical (unpaired) electrons. The van der Waals surface area contributed by atoms with Crippen molar-refractivity contribution in [3.05, 3.63) is 76.6 Å². The Labute approximate surface area is 240 Å². The first-order chi connectivity index (χ1) is 20.3. The molecular formula is C30H30F2N6O4. The number of halogens is 2. The number of ether oxygens (including phenoxy) is 1. The number of hydrogen-bond donors (Lipinski definition) is 4. The molecule has 7 rings (SSSR count). The number of nitrogens with zero attached hydrogens (tertiary/aromatic N) is 2. The Morgan fingerprint density at radius 1 is 1.10 bits per heavy atom. The third kappa shape index (κ3) is 4.54. The van der Waals surface area contributed by atoms with Crippen molar-refractivity contribution in [1.29, 1.82) is 0 Å². The minimum Gasteiger partial charge on any atom is -0.381 e. The van der Waals surface area contributed by atoms with Crippen molar-refractivity contribution in [2.75, 3.05) is 36.9 Å². The molecule has 3 aromatic rings. The van der Waals surface area contributed by atoms with Gasteiger partial charge in [0.2, 0.25) is 17.7 Å². The van der Waals surface area contributed by atoms with Crippen molar-refractivity contribution in [3.63, 3.8) is 0 Å². The molecule has 4 N–H and O–H groups in total. The standard InChI is InChI=1S/C30H30F2N6O4/c31-20-7-17(8-21(32)10-20)23-14-35-26(16-2-5-42-6-3-16)28(40)38(23)15-25(39)36-24-9-18-11-30(12-19(18)13-34-24)22-1-4-33-27(22)37-29(30)41/h1,4,7-10,13,16,23,26,33,35H,2-3,5-6,11-12,14-15H2,(H,37,41)(H,34,36,39). The van der Waals surface area contributed by atoms with Crippen molar-refractivity contribution in [1.82, 2.24) is 20.2 Å². The highest BCUT2D eigenvalue weighted by molar-refractivity contribution is 6.06. The zero-order valence-corrected chi connectivity index (χ0v) is 22.7. The van der Waals surface area contributed by atoms with Crippen molar-refractivity contribution >= 4 is 29.4 Å². The molecule has 218 valence electrons. The number of hydrogen-bond acceptors (Lipinski definition) is 6. The molecule has 10 nitrogen and oxygen atoms in total. The molecule has 3 amide bonds. The number of benzene rings is 1. The quantitative estimate of drug-likeness (QED) is 0.370. The molecule has 1 aliphatic carbocycles.